The molecule has 0 bridgehead atoms. The van der Waals surface area contributed by atoms with Gasteiger partial charge in [-0.3, -0.25) is 0 Å². The molecule has 1 heteroatoms. The van der Waals surface area contributed by atoms with Crippen molar-refractivity contribution in [2.24, 2.45) is 5.92 Å². The second kappa shape index (κ2) is 6.11. The van der Waals surface area contributed by atoms with Crippen molar-refractivity contribution in [3.05, 3.63) is 47.1 Å². The number of thiol groups is 1. The summed E-state index contributed by atoms with van der Waals surface area (Å²) in [5, 5.41) is 0. The van der Waals surface area contributed by atoms with Gasteiger partial charge in [0.1, 0.15) is 0 Å². The molecule has 1 aromatic carbocycles. The molecule has 0 aliphatic rings. The molecule has 0 unspecified atom stereocenters. The quantitative estimate of drug-likeness (QED) is 0.556. The molecule has 0 spiro atoms. The Balaban J connectivity index is 3.04. The smallest absolute Gasteiger partial charge is 0.0111 e. The zero-order valence-corrected chi connectivity index (χ0v) is 12.1. The Hall–Kier alpha value is -0.950. The molecule has 0 aliphatic heterocycles. The van der Waals surface area contributed by atoms with E-state index in [1.807, 2.05) is 6.92 Å². The summed E-state index contributed by atoms with van der Waals surface area (Å²) in [6.45, 7) is 12.7. The number of hydrogen-bond donors (Lipinski definition) is 1. The Morgan fingerprint density at radius 2 is 2.06 bits per heavy atom. The average Bonchev–Trinajstić information content (AvgIpc) is 2.28. The molecule has 17 heavy (non-hydrogen) atoms. The second-order valence-electron chi connectivity index (χ2n) is 4.78. The molecule has 92 valence electrons. The van der Waals surface area contributed by atoms with Crippen molar-refractivity contribution < 1.29 is 0 Å². The number of benzene rings is 1. The minimum atomic E-state index is 0.526. The Labute approximate surface area is 111 Å². The van der Waals surface area contributed by atoms with Crippen LogP contribution in [0.2, 0.25) is 0 Å². The summed E-state index contributed by atoms with van der Waals surface area (Å²) in [7, 11) is 0. The van der Waals surface area contributed by atoms with Gasteiger partial charge in [-0.05, 0) is 42.9 Å². The summed E-state index contributed by atoms with van der Waals surface area (Å²) in [6, 6.07) is 4.33. The first-order valence-corrected chi connectivity index (χ1v) is 6.53. The van der Waals surface area contributed by atoms with Gasteiger partial charge < -0.3 is 0 Å². The van der Waals surface area contributed by atoms with Gasteiger partial charge >= 0.3 is 0 Å². The highest BCUT2D eigenvalue weighted by Crippen LogP contribution is 2.26. The van der Waals surface area contributed by atoms with E-state index in [2.05, 4.69) is 64.3 Å². The van der Waals surface area contributed by atoms with Crippen molar-refractivity contribution in [1.82, 2.24) is 0 Å². The van der Waals surface area contributed by atoms with Crippen LogP contribution in [0.3, 0.4) is 0 Å². The maximum absolute atomic E-state index is 4.64. The minimum absolute atomic E-state index is 0.526. The molecule has 0 atom stereocenters. The molecule has 0 heterocycles. The number of rotatable bonds is 4. The number of hydrogen-bond acceptors (Lipinski definition) is 1. The van der Waals surface area contributed by atoms with Gasteiger partial charge in [0, 0.05) is 4.90 Å². The van der Waals surface area contributed by atoms with Gasteiger partial charge in [0.25, 0.3) is 0 Å². The van der Waals surface area contributed by atoms with Gasteiger partial charge in [0.05, 0.1) is 0 Å². The normalized spacial score (nSPS) is 11.4. The third-order valence-corrected chi connectivity index (χ3v) is 3.76. The fourth-order valence-corrected chi connectivity index (χ4v) is 2.01. The molecule has 0 radical (unpaired) electrons. The predicted octanol–water partition coefficient (Wildman–Crippen LogP) is 5.07. The van der Waals surface area contributed by atoms with Crippen LogP contribution in [-0.2, 0) is 6.42 Å². The lowest BCUT2D eigenvalue weighted by Crippen LogP contribution is -1.99. The van der Waals surface area contributed by atoms with Crippen molar-refractivity contribution in [3.63, 3.8) is 0 Å². The summed E-state index contributed by atoms with van der Waals surface area (Å²) < 4.78 is 0. The lowest BCUT2D eigenvalue weighted by atomic mass is 9.95. The van der Waals surface area contributed by atoms with Crippen molar-refractivity contribution >= 4 is 18.7 Å². The lowest BCUT2D eigenvalue weighted by molar-refractivity contribution is 0.741. The van der Waals surface area contributed by atoms with Crippen LogP contribution in [0.5, 0.6) is 0 Å². The SMILES string of the molecule is C=C(Cc1ccc(/C=C\C)c(C)c1S)C(C)C. The zero-order valence-electron chi connectivity index (χ0n) is 11.2. The predicted molar refractivity (Wildman–Crippen MR) is 80.8 cm³/mol. The molecule has 0 N–H and O–H groups in total. The van der Waals surface area contributed by atoms with E-state index >= 15 is 0 Å². The molecule has 0 aromatic heterocycles. The van der Waals surface area contributed by atoms with Gasteiger partial charge in [-0.2, -0.15) is 0 Å². The molecule has 0 saturated carbocycles. The van der Waals surface area contributed by atoms with Crippen LogP contribution in [0.25, 0.3) is 6.08 Å². The van der Waals surface area contributed by atoms with Crippen LogP contribution in [0.4, 0.5) is 0 Å². The molecule has 0 nitrogen and oxygen atoms in total. The maximum atomic E-state index is 4.64. The fourth-order valence-electron chi connectivity index (χ4n) is 1.72. The molecule has 0 amide bonds. The van der Waals surface area contributed by atoms with Gasteiger partial charge in [0.15, 0.2) is 0 Å². The highest BCUT2D eigenvalue weighted by atomic mass is 32.1. The minimum Gasteiger partial charge on any atom is -0.143 e. The van der Waals surface area contributed by atoms with Gasteiger partial charge in [0.2, 0.25) is 0 Å². The Kier molecular flexibility index (Phi) is 5.07. The first-order valence-electron chi connectivity index (χ1n) is 6.09. The van der Waals surface area contributed by atoms with Crippen molar-refractivity contribution in [2.45, 2.75) is 39.0 Å². The molecule has 1 rings (SSSR count). The van der Waals surface area contributed by atoms with E-state index in [0.29, 0.717) is 5.92 Å². The molecule has 0 fully saturated rings. The van der Waals surface area contributed by atoms with Crippen molar-refractivity contribution in [3.8, 4) is 0 Å². The van der Waals surface area contributed by atoms with E-state index in [1.165, 1.54) is 22.3 Å². The fraction of sp³-hybridized carbons (Fsp3) is 0.375. The van der Waals surface area contributed by atoms with Gasteiger partial charge in [-0.1, -0.05) is 50.3 Å². The highest BCUT2D eigenvalue weighted by molar-refractivity contribution is 7.80. The van der Waals surface area contributed by atoms with Crippen LogP contribution in [0.15, 0.2) is 35.3 Å². The molecule has 0 aliphatic carbocycles. The van der Waals surface area contributed by atoms with Gasteiger partial charge in [-0.25, -0.2) is 0 Å². The summed E-state index contributed by atoms with van der Waals surface area (Å²) in [6.07, 6.45) is 5.10. The van der Waals surface area contributed by atoms with E-state index in [1.54, 1.807) is 0 Å². The number of allylic oxidation sites excluding steroid dienone is 2. The Morgan fingerprint density at radius 3 is 2.59 bits per heavy atom. The highest BCUT2D eigenvalue weighted by Gasteiger charge is 2.08. The topological polar surface area (TPSA) is 0 Å². The maximum Gasteiger partial charge on any atom is 0.0111 e. The summed E-state index contributed by atoms with van der Waals surface area (Å²) >= 11 is 4.64. The largest absolute Gasteiger partial charge is 0.143 e. The van der Waals surface area contributed by atoms with E-state index in [9.17, 15) is 0 Å². The molecule has 0 saturated heterocycles. The van der Waals surface area contributed by atoms with E-state index in [4.69, 9.17) is 0 Å². The van der Waals surface area contributed by atoms with E-state index < -0.39 is 0 Å². The monoisotopic (exact) mass is 246 g/mol. The third kappa shape index (κ3) is 3.50. The van der Waals surface area contributed by atoms with Gasteiger partial charge in [-0.15, -0.1) is 12.6 Å². The first-order chi connectivity index (χ1) is 7.97. The second-order valence-corrected chi connectivity index (χ2v) is 5.22. The van der Waals surface area contributed by atoms with Crippen LogP contribution in [0, 0.1) is 12.8 Å². The Morgan fingerprint density at radius 1 is 1.41 bits per heavy atom. The van der Waals surface area contributed by atoms with Crippen LogP contribution in [0.1, 0.15) is 37.5 Å². The van der Waals surface area contributed by atoms with Crippen molar-refractivity contribution in [1.29, 1.82) is 0 Å². The third-order valence-electron chi connectivity index (χ3n) is 3.14. The zero-order chi connectivity index (χ0) is 13.0. The summed E-state index contributed by atoms with van der Waals surface area (Å²) in [5.74, 6) is 0.526. The van der Waals surface area contributed by atoms with E-state index in [0.717, 1.165) is 11.3 Å². The van der Waals surface area contributed by atoms with Crippen LogP contribution < -0.4 is 0 Å². The lowest BCUT2D eigenvalue weighted by Gasteiger charge is -2.14. The Bertz CT molecular complexity index is 439. The molecule has 1 aromatic rings. The summed E-state index contributed by atoms with van der Waals surface area (Å²) in [4.78, 5) is 1.10. The van der Waals surface area contributed by atoms with Crippen LogP contribution >= 0.6 is 12.6 Å². The average molecular weight is 246 g/mol. The van der Waals surface area contributed by atoms with Crippen LogP contribution in [-0.4, -0.2) is 0 Å². The van der Waals surface area contributed by atoms with Crippen molar-refractivity contribution in [2.75, 3.05) is 0 Å². The first kappa shape index (κ1) is 14.1. The standard InChI is InChI=1S/C16H22S/c1-6-7-14-8-9-15(16(17)13(14)5)10-12(4)11(2)3/h6-9,11,17H,4,10H2,1-3,5H3/b7-6-. The molecular formula is C16H22S. The van der Waals surface area contributed by atoms with E-state index in [-0.39, 0.29) is 0 Å². The molecular weight excluding hydrogens is 224 g/mol. The summed E-state index contributed by atoms with van der Waals surface area (Å²) in [5.41, 5.74) is 5.04.